The Hall–Kier alpha value is -1.41. The van der Waals surface area contributed by atoms with Gasteiger partial charge >= 0.3 is 0 Å². The molecule has 0 radical (unpaired) electrons. The fourth-order valence-electron chi connectivity index (χ4n) is 2.14. The van der Waals surface area contributed by atoms with Crippen molar-refractivity contribution in [2.24, 2.45) is 0 Å². The predicted octanol–water partition coefficient (Wildman–Crippen LogP) is 1.31. The van der Waals surface area contributed by atoms with E-state index >= 15 is 0 Å². The topological polar surface area (TPSA) is 56.5 Å². The zero-order valence-electron chi connectivity index (χ0n) is 10.5. The normalized spacial score (nSPS) is 22.4. The van der Waals surface area contributed by atoms with Gasteiger partial charge in [-0.2, -0.15) is 5.26 Å². The van der Waals surface area contributed by atoms with Gasteiger partial charge in [-0.25, -0.2) is 0 Å². The van der Waals surface area contributed by atoms with E-state index in [4.69, 9.17) is 10.00 Å². The van der Waals surface area contributed by atoms with Gasteiger partial charge in [-0.15, -0.1) is 0 Å². The number of nitriles is 1. The largest absolute Gasteiger partial charge is 0.387 e. The first-order chi connectivity index (χ1) is 8.70. The first-order valence-corrected chi connectivity index (χ1v) is 6.20. The van der Waals surface area contributed by atoms with Crippen molar-refractivity contribution in [2.45, 2.75) is 19.1 Å². The van der Waals surface area contributed by atoms with Crippen molar-refractivity contribution in [3.05, 3.63) is 35.4 Å². The van der Waals surface area contributed by atoms with Crippen LogP contribution >= 0.6 is 0 Å². The van der Waals surface area contributed by atoms with Crippen LogP contribution in [0.5, 0.6) is 0 Å². The molecular weight excluding hydrogens is 228 g/mol. The highest BCUT2D eigenvalue weighted by Crippen LogP contribution is 2.17. The molecule has 0 aromatic heterocycles. The lowest BCUT2D eigenvalue weighted by atomic mass is 10.1. The summed E-state index contributed by atoms with van der Waals surface area (Å²) in [5.74, 6) is 0. The van der Waals surface area contributed by atoms with Crippen LogP contribution in [0.25, 0.3) is 0 Å². The first kappa shape index (κ1) is 13.0. The average molecular weight is 246 g/mol. The van der Waals surface area contributed by atoms with E-state index in [2.05, 4.69) is 17.9 Å². The number of aliphatic hydroxyl groups excluding tert-OH is 1. The molecule has 1 fully saturated rings. The highest BCUT2D eigenvalue weighted by molar-refractivity contribution is 5.32. The molecule has 4 heteroatoms. The summed E-state index contributed by atoms with van der Waals surface area (Å²) in [5.41, 5.74) is 1.47. The Morgan fingerprint density at radius 1 is 1.50 bits per heavy atom. The first-order valence-electron chi connectivity index (χ1n) is 6.20. The number of morpholine rings is 1. The van der Waals surface area contributed by atoms with Crippen LogP contribution in [0.2, 0.25) is 0 Å². The fraction of sp³-hybridized carbons (Fsp3) is 0.500. The molecule has 1 saturated heterocycles. The lowest BCUT2D eigenvalue weighted by Gasteiger charge is -2.34. The average Bonchev–Trinajstić information content (AvgIpc) is 2.41. The van der Waals surface area contributed by atoms with Gasteiger partial charge in [0.15, 0.2) is 0 Å². The van der Waals surface area contributed by atoms with Gasteiger partial charge in [0, 0.05) is 19.1 Å². The minimum Gasteiger partial charge on any atom is -0.387 e. The van der Waals surface area contributed by atoms with Gasteiger partial charge in [-0.3, -0.25) is 4.90 Å². The van der Waals surface area contributed by atoms with Gasteiger partial charge in [0.25, 0.3) is 0 Å². The summed E-state index contributed by atoms with van der Waals surface area (Å²) in [4.78, 5) is 2.23. The van der Waals surface area contributed by atoms with Gasteiger partial charge in [-0.1, -0.05) is 12.1 Å². The molecule has 0 saturated carbocycles. The Labute approximate surface area is 107 Å². The molecule has 1 aromatic rings. The van der Waals surface area contributed by atoms with Crippen LogP contribution in [0.1, 0.15) is 24.2 Å². The molecule has 0 spiro atoms. The maximum absolute atomic E-state index is 10.2. The van der Waals surface area contributed by atoms with E-state index in [9.17, 15) is 5.11 Å². The second-order valence-electron chi connectivity index (χ2n) is 4.67. The van der Waals surface area contributed by atoms with Crippen molar-refractivity contribution in [1.29, 1.82) is 5.26 Å². The molecule has 96 valence electrons. The third-order valence-electron chi connectivity index (χ3n) is 3.34. The third-order valence-corrected chi connectivity index (χ3v) is 3.34. The van der Waals surface area contributed by atoms with Crippen molar-refractivity contribution in [1.82, 2.24) is 4.90 Å². The minimum absolute atomic E-state index is 0.340. The zero-order chi connectivity index (χ0) is 13.0. The molecule has 1 aliphatic rings. The van der Waals surface area contributed by atoms with Crippen molar-refractivity contribution in [2.75, 3.05) is 26.3 Å². The number of β-amino-alcohol motifs (C(OH)–C–C–N with tert-alkyl or cyclic N) is 1. The van der Waals surface area contributed by atoms with E-state index in [1.807, 2.05) is 12.1 Å². The van der Waals surface area contributed by atoms with E-state index in [0.717, 1.165) is 25.3 Å². The summed E-state index contributed by atoms with van der Waals surface area (Å²) in [6.45, 7) is 5.01. The number of hydrogen-bond donors (Lipinski definition) is 1. The molecule has 4 nitrogen and oxygen atoms in total. The summed E-state index contributed by atoms with van der Waals surface area (Å²) >= 11 is 0. The fourth-order valence-corrected chi connectivity index (χ4v) is 2.14. The lowest BCUT2D eigenvalue weighted by molar-refractivity contribution is -0.0203. The molecule has 2 unspecified atom stereocenters. The minimum atomic E-state index is -0.515. The van der Waals surface area contributed by atoms with E-state index < -0.39 is 6.10 Å². The van der Waals surface area contributed by atoms with E-state index in [-0.39, 0.29) is 0 Å². The molecule has 1 aromatic carbocycles. The van der Waals surface area contributed by atoms with Gasteiger partial charge < -0.3 is 9.84 Å². The highest BCUT2D eigenvalue weighted by atomic mass is 16.5. The Morgan fingerprint density at radius 2 is 2.22 bits per heavy atom. The smallest absolute Gasteiger partial charge is 0.0991 e. The Kier molecular flexibility index (Phi) is 4.32. The number of nitrogens with zero attached hydrogens (tertiary/aromatic N) is 2. The summed E-state index contributed by atoms with van der Waals surface area (Å²) < 4.78 is 5.37. The molecule has 1 heterocycles. The second-order valence-corrected chi connectivity index (χ2v) is 4.67. The van der Waals surface area contributed by atoms with Crippen LogP contribution in [0.3, 0.4) is 0 Å². The van der Waals surface area contributed by atoms with Crippen molar-refractivity contribution in [3.8, 4) is 6.07 Å². The molecule has 1 aliphatic heterocycles. The molecule has 0 bridgehead atoms. The molecule has 1 N–H and O–H groups in total. The molecule has 2 atom stereocenters. The van der Waals surface area contributed by atoms with Crippen LogP contribution < -0.4 is 0 Å². The van der Waals surface area contributed by atoms with Gasteiger partial charge in [0.1, 0.15) is 0 Å². The van der Waals surface area contributed by atoms with Crippen LogP contribution in [-0.2, 0) is 4.74 Å². The quantitative estimate of drug-likeness (QED) is 0.873. The molecule has 0 amide bonds. The Balaban J connectivity index is 1.98. The predicted molar refractivity (Wildman–Crippen MR) is 68.0 cm³/mol. The monoisotopic (exact) mass is 246 g/mol. The van der Waals surface area contributed by atoms with Gasteiger partial charge in [0.05, 0.1) is 31.0 Å². The Morgan fingerprint density at radius 3 is 2.83 bits per heavy atom. The van der Waals surface area contributed by atoms with Crippen LogP contribution in [0, 0.1) is 11.3 Å². The maximum Gasteiger partial charge on any atom is 0.0991 e. The van der Waals surface area contributed by atoms with Gasteiger partial charge in [0.2, 0.25) is 0 Å². The summed E-state index contributed by atoms with van der Waals surface area (Å²) in [6.07, 6.45) is -0.515. The van der Waals surface area contributed by atoms with Crippen LogP contribution in [-0.4, -0.2) is 42.4 Å². The SMILES string of the molecule is CC1COCCN1CC(O)c1ccc(C#N)cc1. The molecular formula is C14H18N2O2. The zero-order valence-corrected chi connectivity index (χ0v) is 10.5. The second kappa shape index (κ2) is 5.96. The highest BCUT2D eigenvalue weighted by Gasteiger charge is 2.21. The summed E-state index contributed by atoms with van der Waals surface area (Å²) in [5, 5.41) is 18.9. The summed E-state index contributed by atoms with van der Waals surface area (Å²) in [6, 6.07) is 9.52. The number of hydrogen-bond acceptors (Lipinski definition) is 4. The third kappa shape index (κ3) is 3.08. The number of rotatable bonds is 3. The number of benzene rings is 1. The lowest BCUT2D eigenvalue weighted by Crippen LogP contribution is -2.45. The molecule has 2 rings (SSSR count). The summed E-state index contributed by atoms with van der Waals surface area (Å²) in [7, 11) is 0. The van der Waals surface area contributed by atoms with E-state index in [1.165, 1.54) is 0 Å². The standard InChI is InChI=1S/C14H18N2O2/c1-11-10-18-7-6-16(11)9-14(17)13-4-2-12(8-15)3-5-13/h2-5,11,14,17H,6-7,9-10H2,1H3. The number of aliphatic hydroxyl groups is 1. The van der Waals surface area contributed by atoms with Crippen molar-refractivity contribution < 1.29 is 9.84 Å². The van der Waals surface area contributed by atoms with Crippen molar-refractivity contribution in [3.63, 3.8) is 0 Å². The molecule has 18 heavy (non-hydrogen) atoms. The number of ether oxygens (including phenoxy) is 1. The van der Waals surface area contributed by atoms with Crippen molar-refractivity contribution >= 4 is 0 Å². The molecule has 0 aliphatic carbocycles. The van der Waals surface area contributed by atoms with Gasteiger partial charge in [-0.05, 0) is 24.6 Å². The van der Waals surface area contributed by atoms with Crippen LogP contribution in [0.4, 0.5) is 0 Å². The maximum atomic E-state index is 10.2. The Bertz CT molecular complexity index is 424. The van der Waals surface area contributed by atoms with Crippen LogP contribution in [0.15, 0.2) is 24.3 Å². The van der Waals surface area contributed by atoms with E-state index in [1.54, 1.807) is 12.1 Å². The van der Waals surface area contributed by atoms with E-state index in [0.29, 0.717) is 18.2 Å².